The van der Waals surface area contributed by atoms with E-state index in [1.807, 2.05) is 36.4 Å². The van der Waals surface area contributed by atoms with Crippen molar-refractivity contribution in [3.05, 3.63) is 76.8 Å². The highest BCUT2D eigenvalue weighted by Crippen LogP contribution is 2.36. The van der Waals surface area contributed by atoms with Crippen molar-refractivity contribution in [2.75, 3.05) is 7.11 Å². The minimum atomic E-state index is 0.244. The van der Waals surface area contributed by atoms with Gasteiger partial charge in [-0.3, -0.25) is 9.59 Å². The Morgan fingerprint density at radius 2 is 1.59 bits per heavy atom. The normalized spacial score (nSPS) is 10.7. The molecule has 0 spiro atoms. The summed E-state index contributed by atoms with van der Waals surface area (Å²) in [6.45, 7) is 0. The van der Waals surface area contributed by atoms with Crippen LogP contribution < -0.4 is 4.74 Å². The van der Waals surface area contributed by atoms with Crippen molar-refractivity contribution in [2.24, 2.45) is 0 Å². The first kappa shape index (κ1) is 18.8. The van der Waals surface area contributed by atoms with Crippen molar-refractivity contribution in [1.82, 2.24) is 9.97 Å². The Morgan fingerprint density at radius 3 is 2.28 bits per heavy atom. The number of fused-ring (bicyclic) bond motifs is 1. The zero-order valence-electron chi connectivity index (χ0n) is 15.4. The molecule has 6 heteroatoms. The maximum Gasteiger partial charge on any atom is 0.224 e. The van der Waals surface area contributed by atoms with Crippen LogP contribution in [0.5, 0.6) is 5.88 Å². The lowest BCUT2D eigenvalue weighted by Gasteiger charge is -2.11. The molecule has 0 atom stereocenters. The van der Waals surface area contributed by atoms with Crippen LogP contribution in [0.15, 0.2) is 60.7 Å². The zero-order valence-corrected chi connectivity index (χ0v) is 16.2. The second-order valence-corrected chi connectivity index (χ2v) is 6.72. The number of aldehydes is 2. The van der Waals surface area contributed by atoms with Crippen LogP contribution in [-0.4, -0.2) is 29.7 Å². The van der Waals surface area contributed by atoms with Gasteiger partial charge in [0.05, 0.1) is 34.6 Å². The molecule has 4 aromatic rings. The van der Waals surface area contributed by atoms with E-state index in [2.05, 4.69) is 9.97 Å². The molecule has 0 amide bonds. The van der Waals surface area contributed by atoms with Gasteiger partial charge in [0, 0.05) is 22.1 Å². The highest BCUT2D eigenvalue weighted by Gasteiger charge is 2.14. The molecule has 142 valence electrons. The highest BCUT2D eigenvalue weighted by atomic mass is 35.5. The molecular weight excluding hydrogens is 388 g/mol. The molecule has 0 radical (unpaired) electrons. The van der Waals surface area contributed by atoms with Gasteiger partial charge in [0.15, 0.2) is 6.29 Å². The predicted molar refractivity (Wildman–Crippen MR) is 113 cm³/mol. The molecule has 0 bridgehead atoms. The average molecular weight is 403 g/mol. The van der Waals surface area contributed by atoms with Crippen LogP contribution in [-0.2, 0) is 0 Å². The fraction of sp³-hybridized carbons (Fsp3) is 0.0435. The summed E-state index contributed by atoms with van der Waals surface area (Å²) in [5.41, 5.74) is 4.50. The number of aromatic nitrogens is 2. The van der Waals surface area contributed by atoms with Crippen LogP contribution >= 0.6 is 11.6 Å². The number of carbonyl (C=O) groups excluding carboxylic acids is 2. The average Bonchev–Trinajstić information content (AvgIpc) is 2.78. The van der Waals surface area contributed by atoms with Crippen LogP contribution in [0, 0.1) is 0 Å². The van der Waals surface area contributed by atoms with E-state index >= 15 is 0 Å². The molecular formula is C23H15ClN2O3. The summed E-state index contributed by atoms with van der Waals surface area (Å²) in [5, 5.41) is 1.37. The number of benzene rings is 2. The Hall–Kier alpha value is -3.57. The summed E-state index contributed by atoms with van der Waals surface area (Å²) in [7, 11) is 1.46. The minimum Gasteiger partial charge on any atom is -0.480 e. The Balaban J connectivity index is 1.82. The predicted octanol–water partition coefficient (Wildman–Crippen LogP) is 5.25. The number of halogens is 1. The number of hydrogen-bond donors (Lipinski definition) is 0. The summed E-state index contributed by atoms with van der Waals surface area (Å²) >= 11 is 6.71. The number of pyridine rings is 2. The van der Waals surface area contributed by atoms with Gasteiger partial charge >= 0.3 is 0 Å². The van der Waals surface area contributed by atoms with Gasteiger partial charge in [-0.15, -0.1) is 0 Å². The first-order valence-electron chi connectivity index (χ1n) is 8.80. The Kier molecular flexibility index (Phi) is 5.06. The second kappa shape index (κ2) is 7.81. The molecule has 0 aliphatic carbocycles. The van der Waals surface area contributed by atoms with Gasteiger partial charge in [0.1, 0.15) is 6.29 Å². The zero-order chi connectivity index (χ0) is 20.4. The van der Waals surface area contributed by atoms with Crippen LogP contribution in [0.3, 0.4) is 0 Å². The number of rotatable bonds is 5. The van der Waals surface area contributed by atoms with Crippen molar-refractivity contribution < 1.29 is 14.3 Å². The maximum absolute atomic E-state index is 11.1. The van der Waals surface area contributed by atoms with E-state index in [1.54, 1.807) is 24.3 Å². The Bertz CT molecular complexity index is 1250. The molecule has 2 aromatic heterocycles. The second-order valence-electron chi connectivity index (χ2n) is 6.35. The number of methoxy groups -OCH3 is 1. The first-order chi connectivity index (χ1) is 14.1. The van der Waals surface area contributed by atoms with Gasteiger partial charge in [0.2, 0.25) is 5.88 Å². The largest absolute Gasteiger partial charge is 0.480 e. The monoisotopic (exact) mass is 402 g/mol. The third-order valence-electron chi connectivity index (χ3n) is 4.61. The van der Waals surface area contributed by atoms with Crippen molar-refractivity contribution in [3.8, 4) is 28.4 Å². The first-order valence-corrected chi connectivity index (χ1v) is 9.18. The highest BCUT2D eigenvalue weighted by molar-refractivity contribution is 6.36. The van der Waals surface area contributed by atoms with Crippen LogP contribution in [0.25, 0.3) is 33.4 Å². The van der Waals surface area contributed by atoms with Gasteiger partial charge < -0.3 is 4.74 Å². The Morgan fingerprint density at radius 1 is 0.862 bits per heavy atom. The lowest BCUT2D eigenvalue weighted by Crippen LogP contribution is -1.96. The molecule has 0 saturated carbocycles. The number of nitrogens with zero attached hydrogens (tertiary/aromatic N) is 2. The molecule has 2 aromatic carbocycles. The molecule has 4 rings (SSSR count). The summed E-state index contributed by atoms with van der Waals surface area (Å²) in [6.07, 6.45) is 1.51. The van der Waals surface area contributed by atoms with E-state index in [4.69, 9.17) is 16.3 Å². The topological polar surface area (TPSA) is 69.2 Å². The van der Waals surface area contributed by atoms with Gasteiger partial charge in [-0.25, -0.2) is 9.97 Å². The molecule has 0 aliphatic rings. The van der Waals surface area contributed by atoms with E-state index in [9.17, 15) is 9.59 Å². The molecule has 2 heterocycles. The van der Waals surface area contributed by atoms with E-state index in [-0.39, 0.29) is 5.88 Å². The van der Waals surface area contributed by atoms with E-state index < -0.39 is 0 Å². The molecule has 0 fully saturated rings. The summed E-state index contributed by atoms with van der Waals surface area (Å²) in [6, 6.07) is 18.1. The molecule has 0 N–H and O–H groups in total. The number of ether oxygens (including phenoxy) is 1. The minimum absolute atomic E-state index is 0.244. The van der Waals surface area contributed by atoms with E-state index in [0.717, 1.165) is 22.8 Å². The van der Waals surface area contributed by atoms with Crippen molar-refractivity contribution in [3.63, 3.8) is 0 Å². The molecule has 0 unspecified atom stereocenters. The molecule has 5 nitrogen and oxygen atoms in total. The van der Waals surface area contributed by atoms with Crippen LogP contribution in [0.1, 0.15) is 20.7 Å². The SMILES string of the molecule is COc1nc(-c2cccc(-c3ccc4cc(C=O)ccc4n3)c2Cl)ccc1C=O. The van der Waals surface area contributed by atoms with Crippen molar-refractivity contribution >= 4 is 35.1 Å². The lowest BCUT2D eigenvalue weighted by atomic mass is 10.0. The Labute approximate surface area is 172 Å². The summed E-state index contributed by atoms with van der Waals surface area (Å²) in [5.74, 6) is 0.244. The van der Waals surface area contributed by atoms with Crippen LogP contribution in [0.2, 0.25) is 5.02 Å². The standard InChI is InChI=1S/C23H15ClN2O3/c1-29-23-16(13-28)7-10-21(26-23)18-4-2-3-17(22(18)24)20-9-6-15-11-14(12-27)5-8-19(15)25-20/h2-13H,1H3. The van der Waals surface area contributed by atoms with Gasteiger partial charge in [-0.1, -0.05) is 35.9 Å². The van der Waals surface area contributed by atoms with Crippen molar-refractivity contribution in [2.45, 2.75) is 0 Å². The van der Waals surface area contributed by atoms with Gasteiger partial charge in [-0.2, -0.15) is 0 Å². The van der Waals surface area contributed by atoms with Crippen LogP contribution in [0.4, 0.5) is 0 Å². The van der Waals surface area contributed by atoms with E-state index in [0.29, 0.717) is 39.4 Å². The van der Waals surface area contributed by atoms with Gasteiger partial charge in [-0.05, 0) is 36.4 Å². The quantitative estimate of drug-likeness (QED) is 0.426. The van der Waals surface area contributed by atoms with E-state index in [1.165, 1.54) is 7.11 Å². The fourth-order valence-electron chi connectivity index (χ4n) is 3.15. The third kappa shape index (κ3) is 3.48. The molecule has 0 saturated heterocycles. The maximum atomic E-state index is 11.1. The lowest BCUT2D eigenvalue weighted by molar-refractivity contribution is 0.111. The molecule has 0 aliphatic heterocycles. The van der Waals surface area contributed by atoms with Crippen molar-refractivity contribution in [1.29, 1.82) is 0 Å². The fourth-order valence-corrected chi connectivity index (χ4v) is 3.47. The smallest absolute Gasteiger partial charge is 0.224 e. The summed E-state index contributed by atoms with van der Waals surface area (Å²) < 4.78 is 5.20. The summed E-state index contributed by atoms with van der Waals surface area (Å²) in [4.78, 5) is 31.2. The number of hydrogen-bond acceptors (Lipinski definition) is 5. The number of carbonyl (C=O) groups is 2. The third-order valence-corrected chi connectivity index (χ3v) is 5.02. The molecule has 29 heavy (non-hydrogen) atoms. The van der Waals surface area contributed by atoms with Gasteiger partial charge in [0.25, 0.3) is 0 Å².